The lowest BCUT2D eigenvalue weighted by Crippen LogP contribution is -1.91. The maximum Gasteiger partial charge on any atom is 0.281 e. The molecule has 0 saturated heterocycles. The Hall–Kier alpha value is -1.88. The SMILES string of the molecule is CC(C)c1ncc(-c2ccc(Cl)cc2[N+](=O)[O-])o1. The van der Waals surface area contributed by atoms with Gasteiger partial charge in [-0.15, -0.1) is 0 Å². The van der Waals surface area contributed by atoms with Gasteiger partial charge in [0.25, 0.3) is 5.69 Å². The largest absolute Gasteiger partial charge is 0.440 e. The Morgan fingerprint density at radius 1 is 1.44 bits per heavy atom. The molecule has 0 amide bonds. The van der Waals surface area contributed by atoms with Gasteiger partial charge in [-0.25, -0.2) is 4.98 Å². The van der Waals surface area contributed by atoms with Crippen molar-refractivity contribution in [3.63, 3.8) is 0 Å². The minimum absolute atomic E-state index is 0.0889. The zero-order valence-corrected chi connectivity index (χ0v) is 10.6. The lowest BCUT2D eigenvalue weighted by molar-refractivity contribution is -0.384. The third kappa shape index (κ3) is 2.36. The first-order valence-corrected chi connectivity index (χ1v) is 5.77. The molecule has 1 heterocycles. The molecule has 2 rings (SSSR count). The van der Waals surface area contributed by atoms with Crippen molar-refractivity contribution >= 4 is 17.3 Å². The number of nitro groups is 1. The number of hydrogen-bond donors (Lipinski definition) is 0. The predicted molar refractivity (Wildman–Crippen MR) is 67.7 cm³/mol. The molecule has 0 N–H and O–H groups in total. The van der Waals surface area contributed by atoms with E-state index in [0.717, 1.165) is 0 Å². The number of nitrogens with zero attached hydrogens (tertiary/aromatic N) is 2. The lowest BCUT2D eigenvalue weighted by atomic mass is 10.1. The second-order valence-corrected chi connectivity index (χ2v) is 4.57. The Balaban J connectivity index is 2.52. The molecule has 0 aliphatic carbocycles. The highest BCUT2D eigenvalue weighted by Crippen LogP contribution is 2.33. The molecule has 6 heteroatoms. The molecule has 18 heavy (non-hydrogen) atoms. The summed E-state index contributed by atoms with van der Waals surface area (Å²) in [5.41, 5.74) is 0.290. The summed E-state index contributed by atoms with van der Waals surface area (Å²) < 4.78 is 5.50. The van der Waals surface area contributed by atoms with E-state index in [9.17, 15) is 10.1 Å². The van der Waals surface area contributed by atoms with E-state index < -0.39 is 4.92 Å². The summed E-state index contributed by atoms with van der Waals surface area (Å²) in [6, 6.07) is 4.45. The minimum Gasteiger partial charge on any atom is -0.440 e. The van der Waals surface area contributed by atoms with Crippen molar-refractivity contribution in [1.29, 1.82) is 0 Å². The van der Waals surface area contributed by atoms with Gasteiger partial charge in [0, 0.05) is 17.0 Å². The van der Waals surface area contributed by atoms with Crippen molar-refractivity contribution in [1.82, 2.24) is 4.98 Å². The van der Waals surface area contributed by atoms with Crippen LogP contribution in [-0.2, 0) is 0 Å². The Morgan fingerprint density at radius 3 is 2.72 bits per heavy atom. The van der Waals surface area contributed by atoms with E-state index in [4.69, 9.17) is 16.0 Å². The van der Waals surface area contributed by atoms with Crippen molar-refractivity contribution in [2.75, 3.05) is 0 Å². The highest BCUT2D eigenvalue weighted by Gasteiger charge is 2.19. The van der Waals surface area contributed by atoms with Crippen molar-refractivity contribution in [2.24, 2.45) is 0 Å². The molecule has 1 aromatic heterocycles. The van der Waals surface area contributed by atoms with E-state index in [1.165, 1.54) is 12.3 Å². The van der Waals surface area contributed by atoms with E-state index >= 15 is 0 Å². The molecular weight excluding hydrogens is 256 g/mol. The van der Waals surface area contributed by atoms with Crippen LogP contribution < -0.4 is 0 Å². The third-order valence-electron chi connectivity index (χ3n) is 2.44. The molecule has 0 aliphatic rings. The van der Waals surface area contributed by atoms with Gasteiger partial charge in [-0.1, -0.05) is 25.4 Å². The second kappa shape index (κ2) is 4.78. The van der Waals surface area contributed by atoms with Crippen LogP contribution in [-0.4, -0.2) is 9.91 Å². The van der Waals surface area contributed by atoms with Gasteiger partial charge < -0.3 is 4.42 Å². The number of benzene rings is 1. The zero-order chi connectivity index (χ0) is 13.3. The number of oxazole rings is 1. The van der Waals surface area contributed by atoms with E-state index in [1.807, 2.05) is 13.8 Å². The van der Waals surface area contributed by atoms with Crippen LogP contribution in [0.4, 0.5) is 5.69 Å². The molecule has 0 unspecified atom stereocenters. The highest BCUT2D eigenvalue weighted by molar-refractivity contribution is 6.30. The van der Waals surface area contributed by atoms with Gasteiger partial charge in [-0.05, 0) is 12.1 Å². The van der Waals surface area contributed by atoms with Crippen molar-refractivity contribution in [3.8, 4) is 11.3 Å². The number of halogens is 1. The first kappa shape index (κ1) is 12.6. The molecule has 0 bridgehead atoms. The Kier molecular flexibility index (Phi) is 3.34. The molecule has 94 valence electrons. The number of aromatic nitrogens is 1. The molecular formula is C12H11ClN2O3. The maximum absolute atomic E-state index is 11.0. The number of nitro benzene ring substituents is 1. The average molecular weight is 267 g/mol. The van der Waals surface area contributed by atoms with Gasteiger partial charge in [-0.2, -0.15) is 0 Å². The highest BCUT2D eigenvalue weighted by atomic mass is 35.5. The molecule has 0 saturated carbocycles. The maximum atomic E-state index is 11.0. The molecule has 0 spiro atoms. The first-order valence-electron chi connectivity index (χ1n) is 5.39. The summed E-state index contributed by atoms with van der Waals surface area (Å²) in [6.45, 7) is 3.87. The minimum atomic E-state index is -0.487. The van der Waals surface area contributed by atoms with Crippen molar-refractivity contribution in [2.45, 2.75) is 19.8 Å². The average Bonchev–Trinajstić information content (AvgIpc) is 2.78. The molecule has 0 aliphatic heterocycles. The predicted octanol–water partition coefficient (Wildman–Crippen LogP) is 4.03. The van der Waals surface area contributed by atoms with E-state index in [-0.39, 0.29) is 11.6 Å². The monoisotopic (exact) mass is 266 g/mol. The molecule has 0 fully saturated rings. The van der Waals surface area contributed by atoms with Crippen LogP contribution in [0.15, 0.2) is 28.8 Å². The van der Waals surface area contributed by atoms with E-state index in [2.05, 4.69) is 4.98 Å². The Morgan fingerprint density at radius 2 is 2.17 bits per heavy atom. The van der Waals surface area contributed by atoms with Crippen molar-refractivity contribution in [3.05, 3.63) is 45.4 Å². The summed E-state index contributed by atoms with van der Waals surface area (Å²) in [7, 11) is 0. The van der Waals surface area contributed by atoms with Crippen LogP contribution in [0.25, 0.3) is 11.3 Å². The fourth-order valence-corrected chi connectivity index (χ4v) is 1.71. The summed E-state index contributed by atoms with van der Waals surface area (Å²) in [5, 5.41) is 11.3. The van der Waals surface area contributed by atoms with Crippen LogP contribution in [0.2, 0.25) is 5.02 Å². The van der Waals surface area contributed by atoms with Gasteiger partial charge in [0.05, 0.1) is 16.7 Å². The Labute approximate surface area is 109 Å². The molecule has 0 radical (unpaired) electrons. The van der Waals surface area contributed by atoms with Gasteiger partial charge >= 0.3 is 0 Å². The normalized spacial score (nSPS) is 10.9. The van der Waals surface area contributed by atoms with Gasteiger partial charge in [-0.3, -0.25) is 10.1 Å². The Bertz CT molecular complexity index is 593. The first-order chi connectivity index (χ1) is 8.49. The summed E-state index contributed by atoms with van der Waals surface area (Å²) >= 11 is 5.75. The lowest BCUT2D eigenvalue weighted by Gasteiger charge is -2.00. The zero-order valence-electron chi connectivity index (χ0n) is 9.88. The van der Waals surface area contributed by atoms with Gasteiger partial charge in [0.15, 0.2) is 11.7 Å². The molecule has 5 nitrogen and oxygen atoms in total. The fourth-order valence-electron chi connectivity index (χ4n) is 1.54. The van der Waals surface area contributed by atoms with Gasteiger partial charge in [0.2, 0.25) is 0 Å². The van der Waals surface area contributed by atoms with Crippen LogP contribution in [0, 0.1) is 10.1 Å². The summed E-state index contributed by atoms with van der Waals surface area (Å²) in [5.74, 6) is 1.06. The summed E-state index contributed by atoms with van der Waals surface area (Å²) in [6.07, 6.45) is 1.49. The standard InChI is InChI=1S/C12H11ClN2O3/c1-7(2)12-14-6-11(18-12)9-4-3-8(13)5-10(9)15(16)17/h3-7H,1-2H3. The quantitative estimate of drug-likeness (QED) is 0.621. The van der Waals surface area contributed by atoms with Crippen LogP contribution in [0.3, 0.4) is 0 Å². The molecule has 2 aromatic rings. The van der Waals surface area contributed by atoms with Crippen molar-refractivity contribution < 1.29 is 9.34 Å². The van der Waals surface area contributed by atoms with Crippen LogP contribution in [0.5, 0.6) is 0 Å². The summed E-state index contributed by atoms with van der Waals surface area (Å²) in [4.78, 5) is 14.6. The third-order valence-corrected chi connectivity index (χ3v) is 2.67. The van der Waals surface area contributed by atoms with Crippen LogP contribution in [0.1, 0.15) is 25.7 Å². The molecule has 1 aromatic carbocycles. The van der Waals surface area contributed by atoms with E-state index in [0.29, 0.717) is 22.2 Å². The second-order valence-electron chi connectivity index (χ2n) is 4.14. The van der Waals surface area contributed by atoms with E-state index in [1.54, 1.807) is 12.1 Å². The topological polar surface area (TPSA) is 69.2 Å². The fraction of sp³-hybridized carbons (Fsp3) is 0.250. The molecule has 0 atom stereocenters. The number of rotatable bonds is 3. The number of hydrogen-bond acceptors (Lipinski definition) is 4. The van der Waals surface area contributed by atoms with Crippen LogP contribution >= 0.6 is 11.6 Å². The van der Waals surface area contributed by atoms with Gasteiger partial charge in [0.1, 0.15) is 0 Å². The smallest absolute Gasteiger partial charge is 0.281 e.